The van der Waals surface area contributed by atoms with Gasteiger partial charge in [0.2, 0.25) is 5.54 Å². The SMILES string of the molecule is CC1(C)CC(=O)C2=C(C1)N(C[C@H]1CCCO1)C(=O)[C@@]2(NC(=O)c1ccco1)C(F)(F)F. The van der Waals surface area contributed by atoms with E-state index in [1.165, 1.54) is 12.1 Å². The predicted molar refractivity (Wildman–Crippen MR) is 101 cm³/mol. The summed E-state index contributed by atoms with van der Waals surface area (Å²) in [6.07, 6.45) is -3.27. The molecule has 0 radical (unpaired) electrons. The number of carbonyl (C=O) groups is 3. The lowest BCUT2D eigenvalue weighted by Gasteiger charge is -2.35. The lowest BCUT2D eigenvalue weighted by atomic mass is 9.72. The van der Waals surface area contributed by atoms with Gasteiger partial charge in [-0.05, 0) is 36.8 Å². The van der Waals surface area contributed by atoms with Gasteiger partial charge in [0.15, 0.2) is 11.5 Å². The first-order chi connectivity index (χ1) is 14.5. The average molecular weight is 440 g/mol. The van der Waals surface area contributed by atoms with Crippen LogP contribution in [-0.2, 0) is 14.3 Å². The van der Waals surface area contributed by atoms with Crippen LogP contribution >= 0.6 is 0 Å². The van der Waals surface area contributed by atoms with Gasteiger partial charge in [0.1, 0.15) is 0 Å². The third-order valence-corrected chi connectivity index (χ3v) is 6.00. The molecule has 4 rings (SSSR count). The summed E-state index contributed by atoms with van der Waals surface area (Å²) in [4.78, 5) is 40.0. The van der Waals surface area contributed by atoms with E-state index in [0.717, 1.165) is 17.6 Å². The molecule has 2 atom stereocenters. The van der Waals surface area contributed by atoms with Crippen LogP contribution in [0.25, 0.3) is 0 Å². The van der Waals surface area contributed by atoms with Crippen LogP contribution < -0.4 is 5.32 Å². The van der Waals surface area contributed by atoms with E-state index in [9.17, 15) is 27.6 Å². The summed E-state index contributed by atoms with van der Waals surface area (Å²) >= 11 is 0. The van der Waals surface area contributed by atoms with Gasteiger partial charge in [0.05, 0.1) is 24.5 Å². The Hall–Kier alpha value is -2.62. The highest BCUT2D eigenvalue weighted by Gasteiger charge is 2.71. The van der Waals surface area contributed by atoms with Crippen molar-refractivity contribution in [1.29, 1.82) is 0 Å². The molecule has 0 bridgehead atoms. The third kappa shape index (κ3) is 3.46. The molecule has 3 aliphatic rings. The maximum atomic E-state index is 14.6. The van der Waals surface area contributed by atoms with Gasteiger partial charge in [-0.3, -0.25) is 14.4 Å². The summed E-state index contributed by atoms with van der Waals surface area (Å²) in [5, 5.41) is 1.83. The molecule has 0 aromatic carbocycles. The molecule has 1 aliphatic carbocycles. The molecule has 0 spiro atoms. The maximum Gasteiger partial charge on any atom is 0.425 e. The van der Waals surface area contributed by atoms with Gasteiger partial charge in [-0.25, -0.2) is 0 Å². The molecular formula is C21H23F3N2O5. The monoisotopic (exact) mass is 440 g/mol. The van der Waals surface area contributed by atoms with Crippen LogP contribution in [0.1, 0.15) is 50.1 Å². The molecule has 1 aromatic heterocycles. The number of ketones is 1. The number of carbonyl (C=O) groups excluding carboxylic acids is 3. The number of Topliss-reactive ketones (excluding diaryl/α,β-unsaturated/α-hetero) is 1. The minimum Gasteiger partial charge on any atom is -0.459 e. The fourth-order valence-corrected chi connectivity index (χ4v) is 4.65. The Bertz CT molecular complexity index is 945. The third-order valence-electron chi connectivity index (χ3n) is 6.00. The van der Waals surface area contributed by atoms with Crippen molar-refractivity contribution in [2.45, 2.75) is 57.3 Å². The van der Waals surface area contributed by atoms with Crippen molar-refractivity contribution in [3.05, 3.63) is 35.4 Å². The molecule has 7 nitrogen and oxygen atoms in total. The molecule has 10 heteroatoms. The zero-order chi connectivity index (χ0) is 22.6. The quantitative estimate of drug-likeness (QED) is 0.778. The molecule has 1 N–H and O–H groups in total. The highest BCUT2D eigenvalue weighted by molar-refractivity contribution is 6.14. The highest BCUT2D eigenvalue weighted by atomic mass is 19.4. The minimum absolute atomic E-state index is 0.0128. The maximum absolute atomic E-state index is 14.6. The summed E-state index contributed by atoms with van der Waals surface area (Å²) in [5.74, 6) is -3.79. The number of nitrogens with zero attached hydrogens (tertiary/aromatic N) is 1. The van der Waals surface area contributed by atoms with Crippen molar-refractivity contribution in [2.75, 3.05) is 13.2 Å². The van der Waals surface area contributed by atoms with Crippen LogP contribution in [0.5, 0.6) is 0 Å². The number of rotatable bonds is 4. The normalized spacial score (nSPS) is 28.3. The Morgan fingerprint density at radius 1 is 1.29 bits per heavy atom. The van der Waals surface area contributed by atoms with Gasteiger partial charge < -0.3 is 19.4 Å². The van der Waals surface area contributed by atoms with Crippen molar-refractivity contribution >= 4 is 17.6 Å². The summed E-state index contributed by atoms with van der Waals surface area (Å²) in [5.41, 5.74) is -4.77. The van der Waals surface area contributed by atoms with Crippen molar-refractivity contribution in [1.82, 2.24) is 10.2 Å². The summed E-state index contributed by atoms with van der Waals surface area (Å²) in [6, 6.07) is 2.53. The van der Waals surface area contributed by atoms with E-state index in [1.54, 1.807) is 13.8 Å². The van der Waals surface area contributed by atoms with Crippen molar-refractivity contribution in [3.8, 4) is 0 Å². The van der Waals surface area contributed by atoms with Crippen LogP contribution in [0.4, 0.5) is 13.2 Å². The first-order valence-electron chi connectivity index (χ1n) is 10.1. The number of hydrogen-bond acceptors (Lipinski definition) is 5. The van der Waals surface area contributed by atoms with E-state index >= 15 is 0 Å². The zero-order valence-electron chi connectivity index (χ0n) is 17.2. The van der Waals surface area contributed by atoms with Gasteiger partial charge in [-0.15, -0.1) is 0 Å². The van der Waals surface area contributed by atoms with E-state index in [2.05, 4.69) is 0 Å². The number of hydrogen-bond donors (Lipinski definition) is 1. The van der Waals surface area contributed by atoms with Gasteiger partial charge in [-0.2, -0.15) is 13.2 Å². The van der Waals surface area contributed by atoms with Gasteiger partial charge in [-0.1, -0.05) is 13.8 Å². The Morgan fingerprint density at radius 2 is 2.03 bits per heavy atom. The molecule has 3 heterocycles. The van der Waals surface area contributed by atoms with Crippen LogP contribution in [-0.4, -0.2) is 53.5 Å². The Labute approximate surface area is 176 Å². The molecule has 2 aliphatic heterocycles. The lowest BCUT2D eigenvalue weighted by Crippen LogP contribution is -2.66. The van der Waals surface area contributed by atoms with E-state index in [0.29, 0.717) is 13.0 Å². The molecular weight excluding hydrogens is 417 g/mol. The van der Waals surface area contributed by atoms with Gasteiger partial charge in [0.25, 0.3) is 11.8 Å². The molecule has 2 amide bonds. The van der Waals surface area contributed by atoms with E-state index in [1.807, 2.05) is 5.32 Å². The fourth-order valence-electron chi connectivity index (χ4n) is 4.65. The van der Waals surface area contributed by atoms with Crippen molar-refractivity contribution in [2.24, 2.45) is 5.41 Å². The number of amides is 2. The molecule has 0 saturated carbocycles. The molecule has 1 saturated heterocycles. The topological polar surface area (TPSA) is 88.9 Å². The number of allylic oxidation sites excluding steroid dienone is 1. The minimum atomic E-state index is -5.24. The van der Waals surface area contributed by atoms with Crippen LogP contribution in [0.2, 0.25) is 0 Å². The molecule has 0 unspecified atom stereocenters. The Balaban J connectivity index is 1.84. The molecule has 168 valence electrons. The highest BCUT2D eigenvalue weighted by Crippen LogP contribution is 2.52. The smallest absolute Gasteiger partial charge is 0.425 e. The van der Waals surface area contributed by atoms with Crippen LogP contribution in [0.3, 0.4) is 0 Å². The largest absolute Gasteiger partial charge is 0.459 e. The lowest BCUT2D eigenvalue weighted by molar-refractivity contribution is -0.191. The van der Waals surface area contributed by atoms with Crippen molar-refractivity contribution < 1.29 is 36.7 Å². The van der Waals surface area contributed by atoms with Crippen LogP contribution in [0.15, 0.2) is 34.1 Å². The molecule has 31 heavy (non-hydrogen) atoms. The van der Waals surface area contributed by atoms with Crippen molar-refractivity contribution in [3.63, 3.8) is 0 Å². The second-order valence-electron chi connectivity index (χ2n) is 8.99. The number of alkyl halides is 3. The first-order valence-corrected chi connectivity index (χ1v) is 10.1. The number of nitrogens with one attached hydrogen (secondary N) is 1. The summed E-state index contributed by atoms with van der Waals surface area (Å²) in [7, 11) is 0. The number of ether oxygens (including phenoxy) is 1. The molecule has 1 aromatic rings. The standard InChI is InChI=1S/C21H23F3N2O5/c1-19(2)9-13-16(14(27)10-19)20(21(22,23)24,25-17(28)15-6-4-8-31-15)18(29)26(13)11-12-5-3-7-30-12/h4,6,8,12H,3,5,7,9-11H2,1-2H3,(H,25,28)/t12-,20-/m1/s1. The van der Waals surface area contributed by atoms with E-state index < -0.39 is 46.4 Å². The Kier molecular flexibility index (Phi) is 5.03. The molecule has 1 fully saturated rings. The average Bonchev–Trinajstić information content (AvgIpc) is 3.38. The first kappa shape index (κ1) is 21.6. The predicted octanol–water partition coefficient (Wildman–Crippen LogP) is 2.97. The number of halogens is 3. The van der Waals surface area contributed by atoms with Gasteiger partial charge >= 0.3 is 6.18 Å². The summed E-state index contributed by atoms with van der Waals surface area (Å²) in [6.45, 7) is 3.88. The summed E-state index contributed by atoms with van der Waals surface area (Å²) < 4.78 is 54.2. The zero-order valence-corrected chi connectivity index (χ0v) is 17.2. The van der Waals surface area contributed by atoms with Crippen LogP contribution in [0, 0.1) is 5.41 Å². The number of furan rings is 1. The van der Waals surface area contributed by atoms with E-state index in [-0.39, 0.29) is 30.8 Å². The Morgan fingerprint density at radius 3 is 2.61 bits per heavy atom. The van der Waals surface area contributed by atoms with Gasteiger partial charge in [0, 0.05) is 18.7 Å². The second-order valence-corrected chi connectivity index (χ2v) is 8.99. The van der Waals surface area contributed by atoms with E-state index in [4.69, 9.17) is 9.15 Å². The fraction of sp³-hybridized carbons (Fsp3) is 0.571. The second kappa shape index (κ2) is 7.22.